The molecule has 90 valence electrons. The molecule has 1 aliphatic heterocycles. The number of fused-ring (bicyclic) bond motifs is 1. The molecule has 1 aromatic rings. The average Bonchev–Trinajstić information content (AvgIpc) is 2.32. The van der Waals surface area contributed by atoms with E-state index < -0.39 is 0 Å². The first-order chi connectivity index (χ1) is 7.72. The van der Waals surface area contributed by atoms with Gasteiger partial charge in [-0.05, 0) is 19.9 Å². The lowest BCUT2D eigenvalue weighted by atomic mass is 10.2. The van der Waals surface area contributed by atoms with Gasteiger partial charge in [0.05, 0.1) is 17.6 Å². The van der Waals surface area contributed by atoms with Crippen molar-refractivity contribution in [2.24, 2.45) is 0 Å². The monoisotopic (exact) mass is 221 g/mol. The van der Waals surface area contributed by atoms with Crippen LogP contribution >= 0.6 is 0 Å². The van der Waals surface area contributed by atoms with Gasteiger partial charge in [0.15, 0.2) is 0 Å². The van der Waals surface area contributed by atoms with E-state index in [0.717, 1.165) is 25.3 Å². The van der Waals surface area contributed by atoms with Crippen molar-refractivity contribution in [3.05, 3.63) is 18.0 Å². The van der Waals surface area contributed by atoms with Crippen molar-refractivity contribution in [2.45, 2.75) is 27.7 Å². The number of pyridine rings is 1. The van der Waals surface area contributed by atoms with Gasteiger partial charge in [0, 0.05) is 32.4 Å². The molecule has 2 heterocycles. The molecule has 0 N–H and O–H groups in total. The van der Waals surface area contributed by atoms with Crippen molar-refractivity contribution in [1.82, 2.24) is 4.98 Å². The zero-order chi connectivity index (χ0) is 12.1. The van der Waals surface area contributed by atoms with Gasteiger partial charge in [0.1, 0.15) is 0 Å². The fraction of sp³-hybridized carbons (Fsp3) is 0.615. The summed E-state index contributed by atoms with van der Waals surface area (Å²) in [6.07, 6.45) is 1.98. The third kappa shape index (κ3) is 2.46. The molecule has 0 bridgehead atoms. The van der Waals surface area contributed by atoms with Gasteiger partial charge in [0.2, 0.25) is 0 Å². The van der Waals surface area contributed by atoms with Gasteiger partial charge in [-0.1, -0.05) is 13.8 Å². The standard InChI is InChI=1S/C11H17N3.C2H6/c1-4-14-6-5-13(3)11-8-12-9(2)7-10(11)14;1-2/h7-8H,4-6H2,1-3H3;1-2H3. The van der Waals surface area contributed by atoms with E-state index in [-0.39, 0.29) is 0 Å². The van der Waals surface area contributed by atoms with Gasteiger partial charge in [-0.15, -0.1) is 0 Å². The molecule has 0 aromatic carbocycles. The van der Waals surface area contributed by atoms with Gasteiger partial charge < -0.3 is 9.80 Å². The molecule has 0 saturated heterocycles. The lowest BCUT2D eigenvalue weighted by molar-refractivity contribution is 0.750. The fourth-order valence-corrected chi connectivity index (χ4v) is 1.93. The molecule has 16 heavy (non-hydrogen) atoms. The van der Waals surface area contributed by atoms with Crippen LogP contribution < -0.4 is 9.80 Å². The number of aromatic nitrogens is 1. The molecule has 2 rings (SSSR count). The van der Waals surface area contributed by atoms with E-state index in [2.05, 4.69) is 34.8 Å². The molecule has 3 nitrogen and oxygen atoms in total. The maximum absolute atomic E-state index is 4.34. The number of nitrogens with zero attached hydrogens (tertiary/aromatic N) is 3. The van der Waals surface area contributed by atoms with Crippen molar-refractivity contribution >= 4 is 11.4 Å². The Kier molecular flexibility index (Phi) is 4.59. The predicted molar refractivity (Wildman–Crippen MR) is 71.5 cm³/mol. The topological polar surface area (TPSA) is 19.4 Å². The Labute approximate surface area is 99.1 Å². The minimum Gasteiger partial charge on any atom is -0.370 e. The minimum absolute atomic E-state index is 1.07. The summed E-state index contributed by atoms with van der Waals surface area (Å²) < 4.78 is 0. The Balaban J connectivity index is 0.000000606. The van der Waals surface area contributed by atoms with Gasteiger partial charge in [-0.25, -0.2) is 0 Å². The molecule has 0 fully saturated rings. The Bertz CT molecular complexity index is 336. The number of aryl methyl sites for hydroxylation is 1. The summed E-state index contributed by atoms with van der Waals surface area (Å²) >= 11 is 0. The highest BCUT2D eigenvalue weighted by atomic mass is 15.2. The number of likely N-dealkylation sites (N-methyl/N-ethyl adjacent to an activating group) is 2. The van der Waals surface area contributed by atoms with E-state index in [1.807, 2.05) is 27.0 Å². The van der Waals surface area contributed by atoms with Gasteiger partial charge in [0.25, 0.3) is 0 Å². The lowest BCUT2D eigenvalue weighted by Crippen LogP contribution is -2.39. The third-order valence-corrected chi connectivity index (χ3v) is 2.84. The number of hydrogen-bond donors (Lipinski definition) is 0. The Morgan fingerprint density at radius 3 is 2.56 bits per heavy atom. The van der Waals surface area contributed by atoms with Crippen LogP contribution in [0.15, 0.2) is 12.3 Å². The summed E-state index contributed by atoms with van der Waals surface area (Å²) in [6.45, 7) is 11.5. The molecule has 0 aliphatic carbocycles. The first kappa shape index (κ1) is 12.8. The number of anilines is 2. The Morgan fingerprint density at radius 2 is 1.94 bits per heavy atom. The highest BCUT2D eigenvalue weighted by Gasteiger charge is 2.19. The van der Waals surface area contributed by atoms with Crippen LogP contribution in [-0.4, -0.2) is 31.7 Å². The van der Waals surface area contributed by atoms with Crippen LogP contribution in [0.4, 0.5) is 11.4 Å². The zero-order valence-electron chi connectivity index (χ0n) is 11.1. The average molecular weight is 221 g/mol. The van der Waals surface area contributed by atoms with Crippen molar-refractivity contribution in [3.63, 3.8) is 0 Å². The second-order valence-corrected chi connectivity index (χ2v) is 3.82. The van der Waals surface area contributed by atoms with Crippen LogP contribution in [0.2, 0.25) is 0 Å². The van der Waals surface area contributed by atoms with E-state index in [1.54, 1.807) is 0 Å². The predicted octanol–water partition coefficient (Wildman–Crippen LogP) is 2.69. The summed E-state index contributed by atoms with van der Waals surface area (Å²) in [4.78, 5) is 9.02. The summed E-state index contributed by atoms with van der Waals surface area (Å²) in [5.41, 5.74) is 3.68. The van der Waals surface area contributed by atoms with Gasteiger partial charge >= 0.3 is 0 Å². The molecule has 0 unspecified atom stereocenters. The normalized spacial score (nSPS) is 14.1. The summed E-state index contributed by atoms with van der Waals surface area (Å²) in [7, 11) is 2.13. The van der Waals surface area contributed by atoms with Crippen molar-refractivity contribution in [3.8, 4) is 0 Å². The van der Waals surface area contributed by atoms with Crippen LogP contribution in [-0.2, 0) is 0 Å². The van der Waals surface area contributed by atoms with Crippen LogP contribution in [0, 0.1) is 6.92 Å². The highest BCUT2D eigenvalue weighted by molar-refractivity contribution is 5.72. The quantitative estimate of drug-likeness (QED) is 0.727. The molecule has 0 atom stereocenters. The van der Waals surface area contributed by atoms with E-state index in [0.29, 0.717) is 0 Å². The Hall–Kier alpha value is -1.25. The smallest absolute Gasteiger partial charge is 0.0788 e. The van der Waals surface area contributed by atoms with E-state index in [9.17, 15) is 0 Å². The van der Waals surface area contributed by atoms with Gasteiger partial charge in [-0.2, -0.15) is 0 Å². The molecule has 0 spiro atoms. The second-order valence-electron chi connectivity index (χ2n) is 3.82. The first-order valence-electron chi connectivity index (χ1n) is 6.15. The third-order valence-electron chi connectivity index (χ3n) is 2.84. The molecular weight excluding hydrogens is 198 g/mol. The molecule has 0 saturated carbocycles. The number of hydrogen-bond acceptors (Lipinski definition) is 3. The maximum atomic E-state index is 4.34. The molecule has 0 radical (unpaired) electrons. The molecule has 1 aliphatic rings. The highest BCUT2D eigenvalue weighted by Crippen LogP contribution is 2.31. The van der Waals surface area contributed by atoms with Crippen LogP contribution in [0.25, 0.3) is 0 Å². The fourth-order valence-electron chi connectivity index (χ4n) is 1.93. The minimum atomic E-state index is 1.07. The number of rotatable bonds is 1. The Morgan fingerprint density at radius 1 is 1.25 bits per heavy atom. The van der Waals surface area contributed by atoms with Gasteiger partial charge in [-0.3, -0.25) is 4.98 Å². The van der Waals surface area contributed by atoms with Crippen LogP contribution in [0.3, 0.4) is 0 Å². The molecule has 3 heteroatoms. The lowest BCUT2D eigenvalue weighted by Gasteiger charge is -2.36. The van der Waals surface area contributed by atoms with E-state index >= 15 is 0 Å². The van der Waals surface area contributed by atoms with Crippen molar-refractivity contribution < 1.29 is 0 Å². The zero-order valence-corrected chi connectivity index (χ0v) is 11.1. The summed E-state index contributed by atoms with van der Waals surface area (Å²) in [5.74, 6) is 0. The van der Waals surface area contributed by atoms with Crippen LogP contribution in [0.1, 0.15) is 26.5 Å². The van der Waals surface area contributed by atoms with E-state index in [4.69, 9.17) is 0 Å². The van der Waals surface area contributed by atoms with Crippen molar-refractivity contribution in [2.75, 3.05) is 36.5 Å². The summed E-state index contributed by atoms with van der Waals surface area (Å²) in [5, 5.41) is 0. The molecule has 0 amide bonds. The second kappa shape index (κ2) is 5.73. The first-order valence-corrected chi connectivity index (χ1v) is 6.15. The van der Waals surface area contributed by atoms with E-state index in [1.165, 1.54) is 11.4 Å². The van der Waals surface area contributed by atoms with Crippen LogP contribution in [0.5, 0.6) is 0 Å². The molecular formula is C13H23N3. The van der Waals surface area contributed by atoms with Crippen molar-refractivity contribution in [1.29, 1.82) is 0 Å². The SMILES string of the molecule is CC.CCN1CCN(C)c2cnc(C)cc21. The maximum Gasteiger partial charge on any atom is 0.0788 e. The molecule has 1 aromatic heterocycles. The largest absolute Gasteiger partial charge is 0.370 e. The summed E-state index contributed by atoms with van der Waals surface area (Å²) in [6, 6.07) is 2.18.